The Balaban J connectivity index is 2.02. The monoisotopic (exact) mass is 195 g/mol. The van der Waals surface area contributed by atoms with Gasteiger partial charge in [0, 0.05) is 18.0 Å². The Morgan fingerprint density at radius 1 is 1.29 bits per heavy atom. The first kappa shape index (κ1) is 8.72. The van der Waals surface area contributed by atoms with Crippen molar-refractivity contribution in [3.05, 3.63) is 0 Å². The largest absolute Gasteiger partial charge is 0.383 e. The van der Waals surface area contributed by atoms with Crippen LogP contribution in [0.4, 0.5) is 0 Å². The molecular formula is C11H17NO2. The van der Waals surface area contributed by atoms with Crippen molar-refractivity contribution in [1.82, 2.24) is 4.90 Å². The van der Waals surface area contributed by atoms with E-state index in [1.54, 1.807) is 0 Å². The molecule has 1 amide bonds. The number of aliphatic hydroxyl groups is 1. The van der Waals surface area contributed by atoms with Gasteiger partial charge in [-0.3, -0.25) is 4.79 Å². The summed E-state index contributed by atoms with van der Waals surface area (Å²) in [6.45, 7) is 0.881. The van der Waals surface area contributed by atoms with Crippen LogP contribution in [0.15, 0.2) is 0 Å². The molecule has 1 saturated carbocycles. The third-order valence-electron chi connectivity index (χ3n) is 4.49. The average molecular weight is 195 g/mol. The van der Waals surface area contributed by atoms with Crippen LogP contribution in [0.2, 0.25) is 0 Å². The SMILES string of the molecule is O=C1[C@@H](O)[C@@H]2CCCC[C@@]23CCCN13. The third-order valence-corrected chi connectivity index (χ3v) is 4.49. The molecule has 3 rings (SSSR count). The predicted octanol–water partition coefficient (Wildman–Crippen LogP) is 0.912. The maximum atomic E-state index is 11.8. The van der Waals surface area contributed by atoms with Gasteiger partial charge in [0.25, 0.3) is 5.91 Å². The third kappa shape index (κ3) is 0.842. The first-order valence-electron chi connectivity index (χ1n) is 5.75. The Morgan fingerprint density at radius 2 is 2.07 bits per heavy atom. The van der Waals surface area contributed by atoms with Gasteiger partial charge in [-0.05, 0) is 25.7 Å². The average Bonchev–Trinajstić information content (AvgIpc) is 2.68. The molecule has 0 aromatic rings. The van der Waals surface area contributed by atoms with Crippen LogP contribution < -0.4 is 0 Å². The standard InChI is InChI=1S/C11H17NO2/c13-9-8-4-1-2-5-11(8)6-3-7-12(11)10(9)14/h8-9,13H,1-7H2/t8-,9-,11+/m0/s1. The Morgan fingerprint density at radius 3 is 2.93 bits per heavy atom. The molecule has 78 valence electrons. The number of carbonyl (C=O) groups is 1. The van der Waals surface area contributed by atoms with E-state index >= 15 is 0 Å². The van der Waals surface area contributed by atoms with Crippen LogP contribution in [0.1, 0.15) is 38.5 Å². The lowest BCUT2D eigenvalue weighted by molar-refractivity contribution is -0.135. The van der Waals surface area contributed by atoms with Gasteiger partial charge in [-0.1, -0.05) is 12.8 Å². The minimum absolute atomic E-state index is 0.00870. The molecule has 2 aliphatic heterocycles. The van der Waals surface area contributed by atoms with Crippen molar-refractivity contribution in [2.45, 2.75) is 50.2 Å². The second-order valence-corrected chi connectivity index (χ2v) is 4.99. The van der Waals surface area contributed by atoms with Crippen molar-refractivity contribution in [1.29, 1.82) is 0 Å². The van der Waals surface area contributed by atoms with Gasteiger partial charge in [0.1, 0.15) is 6.10 Å². The van der Waals surface area contributed by atoms with E-state index in [9.17, 15) is 9.90 Å². The van der Waals surface area contributed by atoms with Gasteiger partial charge in [-0.2, -0.15) is 0 Å². The predicted molar refractivity (Wildman–Crippen MR) is 51.6 cm³/mol. The Bertz CT molecular complexity index is 278. The number of aliphatic hydroxyl groups excluding tert-OH is 1. The van der Waals surface area contributed by atoms with Gasteiger partial charge < -0.3 is 10.0 Å². The molecule has 3 fully saturated rings. The fraction of sp³-hybridized carbons (Fsp3) is 0.909. The lowest BCUT2D eigenvalue weighted by Gasteiger charge is -2.40. The summed E-state index contributed by atoms with van der Waals surface area (Å²) < 4.78 is 0. The number of carbonyl (C=O) groups excluding carboxylic acids is 1. The zero-order valence-corrected chi connectivity index (χ0v) is 8.41. The molecular weight excluding hydrogens is 178 g/mol. The fourth-order valence-corrected chi connectivity index (χ4v) is 3.91. The van der Waals surface area contributed by atoms with E-state index in [1.807, 2.05) is 4.90 Å². The van der Waals surface area contributed by atoms with Crippen LogP contribution in [-0.4, -0.2) is 34.1 Å². The van der Waals surface area contributed by atoms with Crippen molar-refractivity contribution >= 4 is 5.91 Å². The molecule has 0 bridgehead atoms. The summed E-state index contributed by atoms with van der Waals surface area (Å²) in [5.74, 6) is 0.251. The topological polar surface area (TPSA) is 40.5 Å². The molecule has 3 aliphatic rings. The Hall–Kier alpha value is -0.570. The van der Waals surface area contributed by atoms with Crippen LogP contribution in [0.5, 0.6) is 0 Å². The van der Waals surface area contributed by atoms with Gasteiger partial charge >= 0.3 is 0 Å². The maximum absolute atomic E-state index is 11.8. The van der Waals surface area contributed by atoms with Crippen LogP contribution in [0.3, 0.4) is 0 Å². The molecule has 3 nitrogen and oxygen atoms in total. The molecule has 0 aromatic carbocycles. The van der Waals surface area contributed by atoms with E-state index < -0.39 is 6.10 Å². The Kier molecular flexibility index (Phi) is 1.69. The molecule has 3 heteroatoms. The van der Waals surface area contributed by atoms with Gasteiger partial charge in [0.2, 0.25) is 0 Å². The van der Waals surface area contributed by atoms with E-state index in [2.05, 4.69) is 0 Å². The highest BCUT2D eigenvalue weighted by molar-refractivity contribution is 5.85. The highest BCUT2D eigenvalue weighted by atomic mass is 16.3. The van der Waals surface area contributed by atoms with Crippen LogP contribution in [-0.2, 0) is 4.79 Å². The summed E-state index contributed by atoms with van der Waals surface area (Å²) in [7, 11) is 0. The summed E-state index contributed by atoms with van der Waals surface area (Å²) in [6, 6.07) is 0. The van der Waals surface area contributed by atoms with Gasteiger partial charge in [0.05, 0.1) is 0 Å². The zero-order valence-electron chi connectivity index (χ0n) is 8.41. The van der Waals surface area contributed by atoms with E-state index in [-0.39, 0.29) is 17.4 Å². The first-order valence-corrected chi connectivity index (χ1v) is 5.75. The fourth-order valence-electron chi connectivity index (χ4n) is 3.91. The van der Waals surface area contributed by atoms with Gasteiger partial charge in [0.15, 0.2) is 0 Å². The number of rotatable bonds is 0. The summed E-state index contributed by atoms with van der Waals surface area (Å²) in [6.07, 6.45) is 6.16. The molecule has 14 heavy (non-hydrogen) atoms. The van der Waals surface area contributed by atoms with E-state index in [0.717, 1.165) is 32.2 Å². The van der Waals surface area contributed by atoms with Crippen LogP contribution in [0, 0.1) is 5.92 Å². The minimum Gasteiger partial charge on any atom is -0.383 e. The highest BCUT2D eigenvalue weighted by Crippen LogP contribution is 2.51. The molecule has 0 aromatic heterocycles. The van der Waals surface area contributed by atoms with Crippen molar-refractivity contribution < 1.29 is 9.90 Å². The zero-order chi connectivity index (χ0) is 9.76. The normalized spacial score (nSPS) is 46.6. The molecule has 1 N–H and O–H groups in total. The van der Waals surface area contributed by atoms with Crippen molar-refractivity contribution in [2.75, 3.05) is 6.54 Å². The minimum atomic E-state index is -0.685. The quantitative estimate of drug-likeness (QED) is 0.624. The lowest BCUT2D eigenvalue weighted by atomic mass is 9.72. The second kappa shape index (κ2) is 2.72. The number of nitrogens with zero attached hydrogens (tertiary/aromatic N) is 1. The molecule has 2 saturated heterocycles. The Labute approximate surface area is 84.1 Å². The molecule has 1 aliphatic carbocycles. The highest BCUT2D eigenvalue weighted by Gasteiger charge is 2.59. The number of hydrogen-bond acceptors (Lipinski definition) is 2. The van der Waals surface area contributed by atoms with Crippen molar-refractivity contribution in [3.63, 3.8) is 0 Å². The summed E-state index contributed by atoms with van der Waals surface area (Å²) in [5, 5.41) is 9.90. The van der Waals surface area contributed by atoms with E-state index in [0.29, 0.717) is 0 Å². The van der Waals surface area contributed by atoms with Crippen LogP contribution >= 0.6 is 0 Å². The van der Waals surface area contributed by atoms with Gasteiger partial charge in [-0.25, -0.2) is 0 Å². The molecule has 2 heterocycles. The van der Waals surface area contributed by atoms with Crippen LogP contribution in [0.25, 0.3) is 0 Å². The second-order valence-electron chi connectivity index (χ2n) is 4.99. The van der Waals surface area contributed by atoms with Crippen molar-refractivity contribution in [3.8, 4) is 0 Å². The van der Waals surface area contributed by atoms with Gasteiger partial charge in [-0.15, -0.1) is 0 Å². The summed E-state index contributed by atoms with van der Waals surface area (Å²) in [5.41, 5.74) is 0.0781. The summed E-state index contributed by atoms with van der Waals surface area (Å²) in [4.78, 5) is 13.8. The molecule has 0 unspecified atom stereocenters. The van der Waals surface area contributed by atoms with E-state index in [4.69, 9.17) is 0 Å². The first-order chi connectivity index (χ1) is 6.76. The number of amides is 1. The van der Waals surface area contributed by atoms with Crippen molar-refractivity contribution in [2.24, 2.45) is 5.92 Å². The molecule has 3 atom stereocenters. The smallest absolute Gasteiger partial charge is 0.252 e. The lowest BCUT2D eigenvalue weighted by Crippen LogP contribution is -2.46. The summed E-state index contributed by atoms with van der Waals surface area (Å²) >= 11 is 0. The maximum Gasteiger partial charge on any atom is 0.252 e. The number of hydrogen-bond donors (Lipinski definition) is 1. The van der Waals surface area contributed by atoms with E-state index in [1.165, 1.54) is 12.8 Å². The molecule has 0 radical (unpaired) electrons. The molecule has 1 spiro atoms.